The Kier molecular flexibility index (Phi) is 4.68. The fraction of sp³-hybridized carbons (Fsp3) is 0.143. The van der Waals surface area contributed by atoms with E-state index >= 15 is 0 Å². The molecular formula is C14H12ClNO5S. The fourth-order valence-corrected chi connectivity index (χ4v) is 2.72. The molecule has 0 aliphatic rings. The molecule has 0 saturated heterocycles. The number of sulfone groups is 1. The van der Waals surface area contributed by atoms with Gasteiger partial charge in [-0.25, -0.2) is 18.2 Å². The van der Waals surface area contributed by atoms with E-state index in [0.717, 1.165) is 12.3 Å². The Balaban J connectivity index is 2.58. The van der Waals surface area contributed by atoms with E-state index in [0.29, 0.717) is 0 Å². The number of hydrogen-bond donors (Lipinski definition) is 0. The van der Waals surface area contributed by atoms with Crippen molar-refractivity contribution in [3.63, 3.8) is 0 Å². The van der Waals surface area contributed by atoms with E-state index in [1.54, 1.807) is 18.2 Å². The third-order valence-corrected chi connectivity index (χ3v) is 4.12. The van der Waals surface area contributed by atoms with Gasteiger partial charge in [0.05, 0.1) is 17.7 Å². The summed E-state index contributed by atoms with van der Waals surface area (Å²) in [5, 5.41) is 0.0187. The van der Waals surface area contributed by atoms with Crippen LogP contribution in [0.4, 0.5) is 0 Å². The van der Waals surface area contributed by atoms with Gasteiger partial charge in [-0.05, 0) is 12.1 Å². The predicted molar refractivity (Wildman–Crippen MR) is 80.2 cm³/mol. The molecular weight excluding hydrogens is 330 g/mol. The molecule has 0 radical (unpaired) electrons. The molecule has 2 aromatic rings. The number of esters is 1. The van der Waals surface area contributed by atoms with Gasteiger partial charge in [-0.15, -0.1) is 0 Å². The number of nitrogens with zero attached hydrogens (tertiary/aromatic N) is 1. The molecule has 0 spiro atoms. The van der Waals surface area contributed by atoms with Crippen LogP contribution in [0.25, 0.3) is 0 Å². The summed E-state index contributed by atoms with van der Waals surface area (Å²) in [6, 6.07) is 7.32. The molecule has 116 valence electrons. The largest absolute Gasteiger partial charge is 0.465 e. The lowest BCUT2D eigenvalue weighted by Gasteiger charge is -2.12. The van der Waals surface area contributed by atoms with Crippen molar-refractivity contribution in [2.75, 3.05) is 13.4 Å². The first-order valence-electron chi connectivity index (χ1n) is 6.03. The number of benzene rings is 1. The van der Waals surface area contributed by atoms with Crippen molar-refractivity contribution in [3.8, 4) is 11.6 Å². The number of pyridine rings is 1. The van der Waals surface area contributed by atoms with Gasteiger partial charge in [-0.1, -0.05) is 17.7 Å². The SMILES string of the molecule is COC(=O)c1cc(S(C)(=O)=O)c(Oc2ccccn2)cc1Cl. The molecule has 0 bridgehead atoms. The van der Waals surface area contributed by atoms with Crippen LogP contribution in [0.1, 0.15) is 10.4 Å². The molecule has 0 atom stereocenters. The van der Waals surface area contributed by atoms with Crippen molar-refractivity contribution in [1.29, 1.82) is 0 Å². The fourth-order valence-electron chi connectivity index (χ4n) is 1.69. The highest BCUT2D eigenvalue weighted by atomic mass is 35.5. The van der Waals surface area contributed by atoms with Crippen molar-refractivity contribution in [2.24, 2.45) is 0 Å². The number of aromatic nitrogens is 1. The molecule has 1 aromatic carbocycles. The summed E-state index contributed by atoms with van der Waals surface area (Å²) in [4.78, 5) is 15.4. The lowest BCUT2D eigenvalue weighted by atomic mass is 10.2. The lowest BCUT2D eigenvalue weighted by Crippen LogP contribution is -2.07. The summed E-state index contributed by atoms with van der Waals surface area (Å²) in [5.41, 5.74) is -0.0574. The van der Waals surface area contributed by atoms with Crippen molar-refractivity contribution in [2.45, 2.75) is 4.90 Å². The second-order valence-electron chi connectivity index (χ2n) is 4.31. The molecule has 22 heavy (non-hydrogen) atoms. The second kappa shape index (κ2) is 6.33. The molecule has 2 rings (SSSR count). The van der Waals surface area contributed by atoms with Crippen LogP contribution in [0.15, 0.2) is 41.4 Å². The van der Waals surface area contributed by atoms with Crippen LogP contribution in [0.2, 0.25) is 5.02 Å². The molecule has 0 saturated carbocycles. The average Bonchev–Trinajstić information content (AvgIpc) is 2.46. The topological polar surface area (TPSA) is 82.6 Å². The number of ether oxygens (including phenoxy) is 2. The van der Waals surface area contributed by atoms with Crippen LogP contribution in [-0.2, 0) is 14.6 Å². The van der Waals surface area contributed by atoms with Gasteiger partial charge in [0.15, 0.2) is 9.84 Å². The number of methoxy groups -OCH3 is 1. The number of halogens is 1. The zero-order chi connectivity index (χ0) is 16.3. The van der Waals surface area contributed by atoms with E-state index in [9.17, 15) is 13.2 Å². The monoisotopic (exact) mass is 341 g/mol. The van der Waals surface area contributed by atoms with Gasteiger partial charge in [0.2, 0.25) is 5.88 Å². The molecule has 0 N–H and O–H groups in total. The first kappa shape index (κ1) is 16.3. The maximum Gasteiger partial charge on any atom is 0.339 e. The van der Waals surface area contributed by atoms with E-state index in [1.807, 2.05) is 0 Å². The molecule has 1 aromatic heterocycles. The van der Waals surface area contributed by atoms with Gasteiger partial charge in [-0.3, -0.25) is 0 Å². The van der Waals surface area contributed by atoms with Crippen molar-refractivity contribution in [1.82, 2.24) is 4.98 Å². The van der Waals surface area contributed by atoms with E-state index in [1.165, 1.54) is 19.4 Å². The molecule has 0 fully saturated rings. The summed E-state index contributed by atoms with van der Waals surface area (Å²) in [7, 11) is -2.48. The van der Waals surface area contributed by atoms with E-state index < -0.39 is 15.8 Å². The summed E-state index contributed by atoms with van der Waals surface area (Å²) in [6.07, 6.45) is 2.50. The number of hydrogen-bond acceptors (Lipinski definition) is 6. The zero-order valence-electron chi connectivity index (χ0n) is 11.7. The molecule has 0 unspecified atom stereocenters. The number of rotatable bonds is 4. The molecule has 1 heterocycles. The number of carbonyl (C=O) groups excluding carboxylic acids is 1. The quantitative estimate of drug-likeness (QED) is 0.795. The molecule has 0 aliphatic heterocycles. The average molecular weight is 342 g/mol. The van der Waals surface area contributed by atoms with Gasteiger partial charge in [0.1, 0.15) is 10.6 Å². The van der Waals surface area contributed by atoms with Gasteiger partial charge >= 0.3 is 5.97 Å². The van der Waals surface area contributed by atoms with Crippen LogP contribution in [0, 0.1) is 0 Å². The Morgan fingerprint density at radius 3 is 2.55 bits per heavy atom. The Labute approximate surface area is 132 Å². The van der Waals surface area contributed by atoms with Gasteiger partial charge in [0.25, 0.3) is 0 Å². The van der Waals surface area contributed by atoms with Crippen LogP contribution in [0.5, 0.6) is 11.6 Å². The normalized spacial score (nSPS) is 11.0. The first-order chi connectivity index (χ1) is 10.3. The Morgan fingerprint density at radius 1 is 1.27 bits per heavy atom. The standard InChI is InChI=1S/C14H12ClNO5S/c1-20-14(17)9-7-12(22(2,18)19)11(8-10(9)15)21-13-5-3-4-6-16-13/h3-8H,1-2H3. The summed E-state index contributed by atoms with van der Waals surface area (Å²) >= 11 is 6.00. The zero-order valence-corrected chi connectivity index (χ0v) is 13.3. The minimum absolute atomic E-state index is 0.0150. The van der Waals surface area contributed by atoms with Crippen molar-refractivity contribution >= 4 is 27.4 Å². The van der Waals surface area contributed by atoms with Crippen LogP contribution in [0.3, 0.4) is 0 Å². The Morgan fingerprint density at radius 2 is 2.00 bits per heavy atom. The summed E-state index contributed by atoms with van der Waals surface area (Å²) in [6.45, 7) is 0. The Bertz CT molecular complexity index is 805. The smallest absolute Gasteiger partial charge is 0.339 e. The van der Waals surface area contributed by atoms with Gasteiger partial charge < -0.3 is 9.47 Å². The summed E-state index contributed by atoms with van der Waals surface area (Å²) < 4.78 is 33.9. The second-order valence-corrected chi connectivity index (χ2v) is 6.70. The van der Waals surface area contributed by atoms with Crippen molar-refractivity contribution in [3.05, 3.63) is 47.1 Å². The van der Waals surface area contributed by atoms with Gasteiger partial charge in [0, 0.05) is 24.6 Å². The van der Waals surface area contributed by atoms with Crippen molar-refractivity contribution < 1.29 is 22.7 Å². The molecule has 6 nitrogen and oxygen atoms in total. The minimum Gasteiger partial charge on any atom is -0.465 e. The highest BCUT2D eigenvalue weighted by Crippen LogP contribution is 2.33. The lowest BCUT2D eigenvalue weighted by molar-refractivity contribution is 0.0600. The first-order valence-corrected chi connectivity index (χ1v) is 8.30. The molecule has 8 heteroatoms. The van der Waals surface area contributed by atoms with Crippen LogP contribution >= 0.6 is 11.6 Å². The number of carbonyl (C=O) groups is 1. The summed E-state index contributed by atoms with van der Waals surface area (Å²) in [5.74, 6) is -0.549. The highest BCUT2D eigenvalue weighted by molar-refractivity contribution is 7.90. The van der Waals surface area contributed by atoms with E-state index in [-0.39, 0.29) is 27.1 Å². The van der Waals surface area contributed by atoms with Crippen LogP contribution < -0.4 is 4.74 Å². The minimum atomic E-state index is -3.65. The Hall–Kier alpha value is -2.12. The van der Waals surface area contributed by atoms with Gasteiger partial charge in [-0.2, -0.15) is 0 Å². The predicted octanol–water partition coefficient (Wildman–Crippen LogP) is 2.72. The third kappa shape index (κ3) is 3.55. The maximum absolute atomic E-state index is 11.9. The third-order valence-electron chi connectivity index (χ3n) is 2.69. The maximum atomic E-state index is 11.9. The van der Waals surface area contributed by atoms with E-state index in [4.69, 9.17) is 16.3 Å². The highest BCUT2D eigenvalue weighted by Gasteiger charge is 2.22. The van der Waals surface area contributed by atoms with E-state index in [2.05, 4.69) is 9.72 Å². The van der Waals surface area contributed by atoms with Crippen LogP contribution in [-0.4, -0.2) is 32.7 Å². The molecule has 0 aliphatic carbocycles. The molecule has 0 amide bonds.